The molecule has 0 amide bonds. The van der Waals surface area contributed by atoms with Crippen LogP contribution in [-0.4, -0.2) is 19.1 Å². The van der Waals surface area contributed by atoms with Gasteiger partial charge in [-0.15, -0.1) is 0 Å². The van der Waals surface area contributed by atoms with Crippen LogP contribution in [0.4, 0.5) is 0 Å². The molecule has 106 valence electrons. The van der Waals surface area contributed by atoms with Gasteiger partial charge in [0, 0.05) is 12.1 Å². The maximum atomic E-state index is 5.77. The molecule has 0 rings (SSSR count). The highest BCUT2D eigenvalue weighted by Crippen LogP contribution is 2.22. The smallest absolute Gasteiger partial charge is 0.00358 e. The van der Waals surface area contributed by atoms with E-state index in [1.807, 2.05) is 20.9 Å². The minimum Gasteiger partial charge on any atom is -0.328 e. The molecule has 0 aromatic carbocycles. The minimum absolute atomic E-state index is 0.357. The molecule has 4 unspecified atom stereocenters. The van der Waals surface area contributed by atoms with Gasteiger partial charge in [-0.1, -0.05) is 27.7 Å². The van der Waals surface area contributed by atoms with E-state index in [4.69, 9.17) is 5.73 Å². The molecule has 0 saturated heterocycles. The predicted molar refractivity (Wildman–Crippen MR) is 80.3 cm³/mol. The van der Waals surface area contributed by atoms with Gasteiger partial charge in [0.15, 0.2) is 0 Å². The molecule has 0 radical (unpaired) electrons. The zero-order valence-corrected chi connectivity index (χ0v) is 13.2. The Bertz CT molecular complexity index is 146. The maximum absolute atomic E-state index is 5.77. The van der Waals surface area contributed by atoms with Crippen molar-refractivity contribution >= 4 is 0 Å². The van der Waals surface area contributed by atoms with E-state index < -0.39 is 0 Å². The van der Waals surface area contributed by atoms with Gasteiger partial charge in [0.2, 0.25) is 0 Å². The summed E-state index contributed by atoms with van der Waals surface area (Å²) in [4.78, 5) is 0. The molecule has 0 bridgehead atoms. The van der Waals surface area contributed by atoms with Crippen molar-refractivity contribution in [1.29, 1.82) is 0 Å². The first kappa shape index (κ1) is 19.3. The first-order chi connectivity index (χ1) is 7.97. The fourth-order valence-corrected chi connectivity index (χ4v) is 1.75. The molecule has 17 heavy (non-hydrogen) atoms. The Kier molecular flexibility index (Phi) is 14.0. The normalized spacial score (nSPS) is 17.6. The van der Waals surface area contributed by atoms with Gasteiger partial charge in [-0.05, 0) is 58.4 Å². The monoisotopic (exact) mass is 244 g/mol. The second kappa shape index (κ2) is 12.4. The fourth-order valence-electron chi connectivity index (χ4n) is 1.75. The van der Waals surface area contributed by atoms with Crippen molar-refractivity contribution in [1.82, 2.24) is 5.32 Å². The third-order valence-corrected chi connectivity index (χ3v) is 3.60. The lowest BCUT2D eigenvalue weighted by Gasteiger charge is -2.22. The third-order valence-electron chi connectivity index (χ3n) is 3.60. The Balaban J connectivity index is 0. The average molecular weight is 244 g/mol. The van der Waals surface area contributed by atoms with Crippen LogP contribution >= 0.6 is 0 Å². The van der Waals surface area contributed by atoms with Gasteiger partial charge < -0.3 is 11.1 Å². The summed E-state index contributed by atoms with van der Waals surface area (Å²) in [7, 11) is 2.04. The van der Waals surface area contributed by atoms with Gasteiger partial charge >= 0.3 is 0 Å². The van der Waals surface area contributed by atoms with Crippen molar-refractivity contribution < 1.29 is 0 Å². The van der Waals surface area contributed by atoms with Crippen molar-refractivity contribution in [2.45, 2.75) is 79.3 Å². The molecular formula is C15H36N2. The van der Waals surface area contributed by atoms with Crippen LogP contribution in [0.5, 0.6) is 0 Å². The van der Waals surface area contributed by atoms with Crippen LogP contribution < -0.4 is 11.1 Å². The van der Waals surface area contributed by atoms with Crippen molar-refractivity contribution in [3.63, 3.8) is 0 Å². The summed E-state index contributed by atoms with van der Waals surface area (Å²) < 4.78 is 0. The summed E-state index contributed by atoms with van der Waals surface area (Å²) in [5.74, 6) is 1.62. The predicted octanol–water partition coefficient (Wildman–Crippen LogP) is 3.80. The molecule has 0 aromatic heterocycles. The highest BCUT2D eigenvalue weighted by atomic mass is 14.8. The summed E-state index contributed by atoms with van der Waals surface area (Å²) >= 11 is 0. The lowest BCUT2D eigenvalue weighted by Crippen LogP contribution is -2.23. The Morgan fingerprint density at radius 1 is 0.824 bits per heavy atom. The second-order valence-electron chi connectivity index (χ2n) is 5.28. The summed E-state index contributed by atoms with van der Waals surface area (Å²) in [6, 6.07) is 1.00. The van der Waals surface area contributed by atoms with Crippen molar-refractivity contribution in [3.8, 4) is 0 Å². The first-order valence-corrected chi connectivity index (χ1v) is 7.40. The van der Waals surface area contributed by atoms with Crippen molar-refractivity contribution in [3.05, 3.63) is 0 Å². The Morgan fingerprint density at radius 3 is 1.59 bits per heavy atom. The number of hydrogen-bond donors (Lipinski definition) is 2. The summed E-state index contributed by atoms with van der Waals surface area (Å²) in [6.45, 7) is 13.1. The Morgan fingerprint density at radius 2 is 1.24 bits per heavy atom. The number of nitrogens with one attached hydrogen (secondary N) is 1. The van der Waals surface area contributed by atoms with Gasteiger partial charge in [-0.3, -0.25) is 0 Å². The molecule has 0 aliphatic heterocycles. The number of hydrogen-bond acceptors (Lipinski definition) is 2. The van der Waals surface area contributed by atoms with Crippen molar-refractivity contribution in [2.24, 2.45) is 17.6 Å². The van der Waals surface area contributed by atoms with Gasteiger partial charge in [0.05, 0.1) is 0 Å². The molecule has 0 aromatic rings. The van der Waals surface area contributed by atoms with E-state index in [0.717, 1.165) is 18.3 Å². The summed E-state index contributed by atoms with van der Waals surface area (Å²) in [5.41, 5.74) is 5.77. The molecular weight excluding hydrogens is 208 g/mol. The quantitative estimate of drug-likeness (QED) is 0.681. The first-order valence-electron chi connectivity index (χ1n) is 7.40. The van der Waals surface area contributed by atoms with Crippen LogP contribution in [-0.2, 0) is 0 Å². The van der Waals surface area contributed by atoms with E-state index in [0.29, 0.717) is 12.1 Å². The molecule has 0 fully saturated rings. The average Bonchev–Trinajstić information content (AvgIpc) is 2.34. The fraction of sp³-hybridized carbons (Fsp3) is 1.00. The van der Waals surface area contributed by atoms with E-state index in [2.05, 4.69) is 33.0 Å². The Hall–Kier alpha value is -0.0800. The van der Waals surface area contributed by atoms with Crippen LogP contribution in [0.15, 0.2) is 0 Å². The second-order valence-corrected chi connectivity index (χ2v) is 5.28. The molecule has 0 aliphatic carbocycles. The van der Waals surface area contributed by atoms with Gasteiger partial charge in [-0.2, -0.15) is 0 Å². The van der Waals surface area contributed by atoms with Crippen LogP contribution in [0, 0.1) is 11.8 Å². The number of rotatable bonds is 8. The Labute approximate surface area is 110 Å². The van der Waals surface area contributed by atoms with Crippen LogP contribution in [0.25, 0.3) is 0 Å². The van der Waals surface area contributed by atoms with Crippen LogP contribution in [0.1, 0.15) is 67.2 Å². The lowest BCUT2D eigenvalue weighted by molar-refractivity contribution is 0.313. The molecule has 2 nitrogen and oxygen atoms in total. The van der Waals surface area contributed by atoms with Gasteiger partial charge in [-0.25, -0.2) is 0 Å². The maximum Gasteiger partial charge on any atom is 0.00358 e. The molecule has 0 heterocycles. The standard InChI is InChI=1S/C13H30N2.C2H6/c1-10(6-8-12(3)14)11(2)7-9-13(4)15-5;1-2/h10-13,15H,6-9,14H2,1-5H3;1-2H3. The topological polar surface area (TPSA) is 38.0 Å². The molecule has 0 aliphatic rings. The van der Waals surface area contributed by atoms with Gasteiger partial charge in [0.1, 0.15) is 0 Å². The molecule has 3 N–H and O–H groups in total. The van der Waals surface area contributed by atoms with E-state index in [-0.39, 0.29) is 0 Å². The molecule has 0 spiro atoms. The van der Waals surface area contributed by atoms with E-state index in [1.54, 1.807) is 0 Å². The third kappa shape index (κ3) is 12.2. The highest BCUT2D eigenvalue weighted by molar-refractivity contribution is 4.67. The van der Waals surface area contributed by atoms with Crippen LogP contribution in [0.2, 0.25) is 0 Å². The number of nitrogens with two attached hydrogens (primary N) is 1. The molecule has 4 atom stereocenters. The van der Waals surface area contributed by atoms with E-state index >= 15 is 0 Å². The van der Waals surface area contributed by atoms with Crippen molar-refractivity contribution in [2.75, 3.05) is 7.05 Å². The zero-order valence-electron chi connectivity index (χ0n) is 13.2. The minimum atomic E-state index is 0.357. The van der Waals surface area contributed by atoms with Crippen LogP contribution in [0.3, 0.4) is 0 Å². The summed E-state index contributed by atoms with van der Waals surface area (Å²) in [6.07, 6.45) is 5.03. The van der Waals surface area contributed by atoms with E-state index in [9.17, 15) is 0 Å². The van der Waals surface area contributed by atoms with Gasteiger partial charge in [0.25, 0.3) is 0 Å². The van der Waals surface area contributed by atoms with E-state index in [1.165, 1.54) is 19.3 Å². The SMILES string of the molecule is CC.CNC(C)CCC(C)C(C)CCC(C)N. The largest absolute Gasteiger partial charge is 0.328 e. The summed E-state index contributed by atoms with van der Waals surface area (Å²) in [5, 5.41) is 3.29. The lowest BCUT2D eigenvalue weighted by atomic mass is 9.86. The molecule has 0 saturated carbocycles. The molecule has 2 heteroatoms. The zero-order chi connectivity index (χ0) is 13.8. The highest BCUT2D eigenvalue weighted by Gasteiger charge is 2.13.